The number of H-pyrrole nitrogens is 1. The van der Waals surface area contributed by atoms with Gasteiger partial charge in [0.15, 0.2) is 0 Å². The number of methoxy groups -OCH3 is 1. The van der Waals surface area contributed by atoms with Crippen molar-refractivity contribution in [1.29, 1.82) is 0 Å². The second kappa shape index (κ2) is 7.80. The molecule has 4 aromatic rings. The van der Waals surface area contributed by atoms with Crippen LogP contribution >= 0.6 is 0 Å². The van der Waals surface area contributed by atoms with E-state index in [4.69, 9.17) is 9.73 Å². The largest absolute Gasteiger partial charge is 0.494 e. The van der Waals surface area contributed by atoms with Gasteiger partial charge in [0.25, 0.3) is 0 Å². The minimum absolute atomic E-state index is 0.776. The molecule has 31 heavy (non-hydrogen) atoms. The molecule has 154 valence electrons. The average molecular weight is 408 g/mol. The van der Waals surface area contributed by atoms with E-state index >= 15 is 0 Å². The minimum atomic E-state index is 0.776. The van der Waals surface area contributed by atoms with Gasteiger partial charge in [0.2, 0.25) is 0 Å². The van der Waals surface area contributed by atoms with Gasteiger partial charge in [0.05, 0.1) is 18.5 Å². The third-order valence-corrected chi connectivity index (χ3v) is 5.71. The zero-order valence-electron chi connectivity index (χ0n) is 18.0. The van der Waals surface area contributed by atoms with Gasteiger partial charge in [-0.05, 0) is 49.2 Å². The van der Waals surface area contributed by atoms with Crippen molar-refractivity contribution in [3.8, 4) is 0 Å². The molecular formula is C27H25N3O. The van der Waals surface area contributed by atoms with Crippen LogP contribution in [0.1, 0.15) is 28.2 Å². The van der Waals surface area contributed by atoms with Crippen LogP contribution in [-0.4, -0.2) is 22.4 Å². The monoisotopic (exact) mass is 407 g/mol. The molecular weight excluding hydrogens is 382 g/mol. The first kappa shape index (κ1) is 19.2. The van der Waals surface area contributed by atoms with E-state index in [1.807, 2.05) is 12.1 Å². The van der Waals surface area contributed by atoms with Gasteiger partial charge < -0.3 is 14.3 Å². The molecule has 0 fully saturated rings. The van der Waals surface area contributed by atoms with Gasteiger partial charge >= 0.3 is 0 Å². The highest BCUT2D eigenvalue weighted by Gasteiger charge is 2.21. The second-order valence-corrected chi connectivity index (χ2v) is 7.95. The van der Waals surface area contributed by atoms with E-state index in [-0.39, 0.29) is 0 Å². The van der Waals surface area contributed by atoms with Gasteiger partial charge in [-0.1, -0.05) is 48.5 Å². The third-order valence-electron chi connectivity index (χ3n) is 5.71. The van der Waals surface area contributed by atoms with E-state index in [1.165, 1.54) is 22.0 Å². The summed E-state index contributed by atoms with van der Waals surface area (Å²) in [5.74, 6) is 0.776. The van der Waals surface area contributed by atoms with E-state index in [9.17, 15) is 0 Å². The maximum atomic E-state index is 5.68. The van der Waals surface area contributed by atoms with Crippen molar-refractivity contribution in [2.45, 2.75) is 20.4 Å². The molecule has 4 nitrogen and oxygen atoms in total. The molecule has 0 bridgehead atoms. The van der Waals surface area contributed by atoms with Crippen molar-refractivity contribution in [3.63, 3.8) is 0 Å². The number of aliphatic imine (C=N–C) groups is 1. The summed E-state index contributed by atoms with van der Waals surface area (Å²) in [6, 6.07) is 23.4. The SMILES string of the molecule is COC1=CC(c2cc3ccccc3n2Cc2ccccc2)=NC1=Cc1[nH]c(C)cc1C. The molecule has 2 aromatic heterocycles. The van der Waals surface area contributed by atoms with Crippen molar-refractivity contribution in [1.82, 2.24) is 9.55 Å². The predicted octanol–water partition coefficient (Wildman–Crippen LogP) is 6.01. The Morgan fingerprint density at radius 3 is 2.52 bits per heavy atom. The number of benzene rings is 2. The number of fused-ring (bicyclic) bond motifs is 1. The molecule has 1 aliphatic rings. The molecule has 1 N–H and O–H groups in total. The number of nitrogens with one attached hydrogen (secondary N) is 1. The number of aromatic amines is 1. The number of hydrogen-bond acceptors (Lipinski definition) is 2. The molecule has 0 unspecified atom stereocenters. The van der Waals surface area contributed by atoms with Crippen LogP contribution in [0.2, 0.25) is 0 Å². The highest BCUT2D eigenvalue weighted by atomic mass is 16.5. The van der Waals surface area contributed by atoms with E-state index < -0.39 is 0 Å². The van der Waals surface area contributed by atoms with Crippen molar-refractivity contribution >= 4 is 22.7 Å². The van der Waals surface area contributed by atoms with Crippen LogP contribution in [-0.2, 0) is 11.3 Å². The quantitative estimate of drug-likeness (QED) is 0.433. The lowest BCUT2D eigenvalue weighted by Gasteiger charge is -2.10. The molecule has 0 saturated carbocycles. The molecule has 0 atom stereocenters. The summed E-state index contributed by atoms with van der Waals surface area (Å²) in [6.07, 6.45) is 4.10. The van der Waals surface area contributed by atoms with E-state index in [0.717, 1.165) is 40.8 Å². The Hall–Kier alpha value is -3.79. The summed E-state index contributed by atoms with van der Waals surface area (Å²) in [5, 5.41) is 1.21. The molecule has 1 aliphatic heterocycles. The molecule has 3 heterocycles. The summed E-state index contributed by atoms with van der Waals surface area (Å²) in [7, 11) is 1.70. The number of hydrogen-bond donors (Lipinski definition) is 1. The maximum absolute atomic E-state index is 5.68. The predicted molar refractivity (Wildman–Crippen MR) is 127 cm³/mol. The number of allylic oxidation sites excluding steroid dienone is 1. The number of para-hydroxylation sites is 1. The Kier molecular flexibility index (Phi) is 4.83. The van der Waals surface area contributed by atoms with E-state index in [0.29, 0.717) is 0 Å². The topological polar surface area (TPSA) is 42.3 Å². The van der Waals surface area contributed by atoms with Crippen LogP contribution < -0.4 is 0 Å². The van der Waals surface area contributed by atoms with Crippen molar-refractivity contribution in [3.05, 3.63) is 112 Å². The Labute approximate surface area is 182 Å². The molecule has 0 amide bonds. The fourth-order valence-electron chi connectivity index (χ4n) is 4.21. The summed E-state index contributed by atoms with van der Waals surface area (Å²) in [4.78, 5) is 8.38. The van der Waals surface area contributed by atoms with Crippen LogP contribution in [0.4, 0.5) is 0 Å². The highest BCUT2D eigenvalue weighted by molar-refractivity contribution is 6.13. The van der Waals surface area contributed by atoms with Gasteiger partial charge in [-0.25, -0.2) is 4.99 Å². The first-order valence-corrected chi connectivity index (χ1v) is 10.5. The van der Waals surface area contributed by atoms with Gasteiger partial charge in [0, 0.05) is 34.9 Å². The highest BCUT2D eigenvalue weighted by Crippen LogP contribution is 2.29. The van der Waals surface area contributed by atoms with Crippen LogP contribution in [0.5, 0.6) is 0 Å². The van der Waals surface area contributed by atoms with Gasteiger partial charge in [-0.15, -0.1) is 0 Å². The third kappa shape index (κ3) is 3.61. The smallest absolute Gasteiger partial charge is 0.146 e. The second-order valence-electron chi connectivity index (χ2n) is 7.95. The van der Waals surface area contributed by atoms with Crippen molar-refractivity contribution in [2.75, 3.05) is 7.11 Å². The zero-order valence-corrected chi connectivity index (χ0v) is 18.0. The number of ether oxygens (including phenoxy) is 1. The normalized spacial score (nSPS) is 14.9. The van der Waals surface area contributed by atoms with Crippen LogP contribution in [0.15, 0.2) is 89.3 Å². The van der Waals surface area contributed by atoms with Gasteiger partial charge in [-0.2, -0.15) is 0 Å². The number of aryl methyl sites for hydroxylation is 2. The Morgan fingerprint density at radius 1 is 1.00 bits per heavy atom. The lowest BCUT2D eigenvalue weighted by molar-refractivity contribution is 0.303. The minimum Gasteiger partial charge on any atom is -0.494 e. The summed E-state index contributed by atoms with van der Waals surface area (Å²) < 4.78 is 8.02. The molecule has 5 rings (SSSR count). The fourth-order valence-corrected chi connectivity index (χ4v) is 4.21. The lowest BCUT2D eigenvalue weighted by atomic mass is 10.2. The molecule has 4 heteroatoms. The Bertz CT molecular complexity index is 1350. The summed E-state index contributed by atoms with van der Waals surface area (Å²) >= 11 is 0. The van der Waals surface area contributed by atoms with E-state index in [1.54, 1.807) is 7.11 Å². The molecule has 0 saturated heterocycles. The number of nitrogens with zero attached hydrogens (tertiary/aromatic N) is 2. The first-order valence-electron chi connectivity index (χ1n) is 10.5. The average Bonchev–Trinajstić information content (AvgIpc) is 3.44. The lowest BCUT2D eigenvalue weighted by Crippen LogP contribution is -2.08. The number of aromatic nitrogens is 2. The standard InChI is InChI=1S/C27H25N3O/c1-18-13-19(2)28-22(18)15-24-27(31-3)16-23(29-24)26-14-21-11-7-8-12-25(21)30(26)17-20-9-5-4-6-10-20/h4-16,28H,17H2,1-3H3. The fraction of sp³-hybridized carbons (Fsp3) is 0.148. The van der Waals surface area contributed by atoms with Crippen LogP contribution in [0.25, 0.3) is 17.0 Å². The molecule has 2 aromatic carbocycles. The summed E-state index contributed by atoms with van der Waals surface area (Å²) in [5.41, 5.74) is 8.68. The number of rotatable bonds is 5. The van der Waals surface area contributed by atoms with Crippen molar-refractivity contribution in [2.24, 2.45) is 4.99 Å². The maximum Gasteiger partial charge on any atom is 0.146 e. The summed E-state index contributed by atoms with van der Waals surface area (Å²) in [6.45, 7) is 4.95. The molecule has 0 spiro atoms. The van der Waals surface area contributed by atoms with E-state index in [2.05, 4.69) is 90.1 Å². The zero-order chi connectivity index (χ0) is 21.4. The Morgan fingerprint density at radius 2 is 1.77 bits per heavy atom. The first-order chi connectivity index (χ1) is 15.1. The van der Waals surface area contributed by atoms with Crippen LogP contribution in [0.3, 0.4) is 0 Å². The molecule has 0 radical (unpaired) electrons. The van der Waals surface area contributed by atoms with Gasteiger partial charge in [0.1, 0.15) is 11.5 Å². The Balaban J connectivity index is 1.62. The van der Waals surface area contributed by atoms with Crippen molar-refractivity contribution < 1.29 is 4.74 Å². The van der Waals surface area contributed by atoms with Crippen LogP contribution in [0, 0.1) is 13.8 Å². The van der Waals surface area contributed by atoms with Gasteiger partial charge in [-0.3, -0.25) is 0 Å². The molecule has 0 aliphatic carbocycles.